The Kier molecular flexibility index (Phi) is 6.04. The fourth-order valence-corrected chi connectivity index (χ4v) is 4.14. The second-order valence-corrected chi connectivity index (χ2v) is 7.38. The number of ether oxygens (including phenoxy) is 1. The number of carbonyl (C=O) groups excluding carboxylic acids is 1. The summed E-state index contributed by atoms with van der Waals surface area (Å²) < 4.78 is 6.85. The molecule has 1 aliphatic rings. The van der Waals surface area contributed by atoms with E-state index in [0.29, 0.717) is 24.5 Å². The molecule has 1 N–H and O–H groups in total. The van der Waals surface area contributed by atoms with E-state index in [1.165, 1.54) is 7.11 Å². The second kappa shape index (κ2) is 9.04. The van der Waals surface area contributed by atoms with Gasteiger partial charge < -0.3 is 19.5 Å². The van der Waals surface area contributed by atoms with E-state index in [0.717, 1.165) is 17.2 Å². The summed E-state index contributed by atoms with van der Waals surface area (Å²) in [5, 5.41) is 4.08. The van der Waals surface area contributed by atoms with Gasteiger partial charge in [0.25, 0.3) is 0 Å². The highest BCUT2D eigenvalue weighted by atomic mass is 32.1. The summed E-state index contributed by atoms with van der Waals surface area (Å²) in [4.78, 5) is 22.8. The van der Waals surface area contributed by atoms with Gasteiger partial charge in [0.1, 0.15) is 5.82 Å². The molecule has 154 valence electrons. The van der Waals surface area contributed by atoms with Gasteiger partial charge in [0, 0.05) is 37.3 Å². The van der Waals surface area contributed by atoms with Gasteiger partial charge in [-0.3, -0.25) is 9.78 Å². The number of nitrogens with zero attached hydrogens (tertiary/aromatic N) is 4. The summed E-state index contributed by atoms with van der Waals surface area (Å²) in [6, 6.07) is 15.6. The predicted octanol–water partition coefficient (Wildman–Crippen LogP) is 3.19. The van der Waals surface area contributed by atoms with E-state index in [-0.39, 0.29) is 18.1 Å². The highest BCUT2D eigenvalue weighted by Crippen LogP contribution is 2.39. The summed E-state index contributed by atoms with van der Waals surface area (Å²) >= 11 is 5.68. The summed E-state index contributed by atoms with van der Waals surface area (Å²) in [5.74, 6) is 0.618. The summed E-state index contributed by atoms with van der Waals surface area (Å²) in [5.41, 5.74) is 1.96. The lowest BCUT2D eigenvalue weighted by atomic mass is 10.0. The number of rotatable bonds is 7. The van der Waals surface area contributed by atoms with Gasteiger partial charge in [0.05, 0.1) is 24.9 Å². The first kappa shape index (κ1) is 20.0. The Morgan fingerprint density at radius 1 is 1.13 bits per heavy atom. The van der Waals surface area contributed by atoms with Gasteiger partial charge in [-0.05, 0) is 55.0 Å². The molecule has 1 fully saturated rings. The van der Waals surface area contributed by atoms with Gasteiger partial charge in [-0.1, -0.05) is 12.1 Å². The Hall–Kier alpha value is -3.26. The Morgan fingerprint density at radius 2 is 1.93 bits per heavy atom. The molecule has 0 aliphatic carbocycles. The van der Waals surface area contributed by atoms with Gasteiger partial charge in [-0.15, -0.1) is 0 Å². The quantitative estimate of drug-likeness (QED) is 0.464. The molecular formula is C22H23N5O2S. The van der Waals surface area contributed by atoms with Gasteiger partial charge in [0.2, 0.25) is 0 Å². The Balaban J connectivity index is 1.70. The van der Waals surface area contributed by atoms with Crippen LogP contribution >= 0.6 is 12.2 Å². The topological polar surface area (TPSA) is 72.3 Å². The largest absolute Gasteiger partial charge is 0.469 e. The molecule has 2 unspecified atom stereocenters. The van der Waals surface area contributed by atoms with Crippen LogP contribution in [0.1, 0.15) is 36.3 Å². The fourth-order valence-electron chi connectivity index (χ4n) is 3.80. The molecule has 30 heavy (non-hydrogen) atoms. The molecule has 0 saturated carbocycles. The minimum atomic E-state index is -0.220. The molecule has 0 amide bonds. The maximum Gasteiger partial charge on any atom is 0.305 e. The maximum absolute atomic E-state index is 11.6. The molecule has 0 bridgehead atoms. The lowest BCUT2D eigenvalue weighted by molar-refractivity contribution is -0.140. The van der Waals surface area contributed by atoms with Crippen LogP contribution in [0.3, 0.4) is 0 Å². The van der Waals surface area contributed by atoms with E-state index < -0.39 is 0 Å². The third-order valence-electron chi connectivity index (χ3n) is 5.18. The number of hydrogen-bond acceptors (Lipinski definition) is 5. The first-order valence-corrected chi connectivity index (χ1v) is 10.2. The molecule has 8 heteroatoms. The van der Waals surface area contributed by atoms with Crippen molar-refractivity contribution in [2.75, 3.05) is 13.7 Å². The number of esters is 1. The van der Waals surface area contributed by atoms with Crippen molar-refractivity contribution in [3.63, 3.8) is 0 Å². The number of thiocarbonyl (C=S) groups is 1. The van der Waals surface area contributed by atoms with Crippen molar-refractivity contribution in [3.05, 3.63) is 78.5 Å². The molecule has 3 aromatic heterocycles. The number of hydrogen-bond donors (Lipinski definition) is 1. The van der Waals surface area contributed by atoms with Crippen LogP contribution in [0.5, 0.6) is 0 Å². The van der Waals surface area contributed by atoms with Crippen LogP contribution in [0.25, 0.3) is 5.82 Å². The minimum absolute atomic E-state index is 0.0953. The van der Waals surface area contributed by atoms with Gasteiger partial charge in [0.15, 0.2) is 5.11 Å². The molecule has 4 rings (SSSR count). The molecule has 1 saturated heterocycles. The van der Waals surface area contributed by atoms with E-state index in [2.05, 4.69) is 30.8 Å². The molecule has 0 aromatic carbocycles. The fraction of sp³-hybridized carbons (Fsp3) is 0.273. The third-order valence-corrected chi connectivity index (χ3v) is 5.54. The van der Waals surface area contributed by atoms with Crippen molar-refractivity contribution in [2.24, 2.45) is 0 Å². The lowest BCUT2D eigenvalue weighted by Crippen LogP contribution is -2.31. The lowest BCUT2D eigenvalue weighted by Gasteiger charge is -2.28. The van der Waals surface area contributed by atoms with Crippen molar-refractivity contribution >= 4 is 23.3 Å². The first-order chi connectivity index (χ1) is 14.7. The first-order valence-electron chi connectivity index (χ1n) is 9.82. The predicted molar refractivity (Wildman–Crippen MR) is 117 cm³/mol. The summed E-state index contributed by atoms with van der Waals surface area (Å²) in [6.07, 6.45) is 6.55. The highest BCUT2D eigenvalue weighted by Gasteiger charge is 2.41. The average molecular weight is 422 g/mol. The zero-order chi connectivity index (χ0) is 20.9. The number of aromatic nitrogens is 3. The highest BCUT2D eigenvalue weighted by molar-refractivity contribution is 7.80. The van der Waals surface area contributed by atoms with Crippen molar-refractivity contribution in [2.45, 2.75) is 24.9 Å². The number of methoxy groups -OCH3 is 1. The Labute approximate surface area is 180 Å². The van der Waals surface area contributed by atoms with Crippen molar-refractivity contribution in [3.8, 4) is 5.82 Å². The second-order valence-electron chi connectivity index (χ2n) is 6.99. The normalized spacial score (nSPS) is 18.3. The van der Waals surface area contributed by atoms with Gasteiger partial charge in [-0.25, -0.2) is 4.98 Å². The van der Waals surface area contributed by atoms with Gasteiger partial charge >= 0.3 is 5.97 Å². The molecule has 3 aromatic rings. The Morgan fingerprint density at radius 3 is 2.63 bits per heavy atom. The molecule has 1 aliphatic heterocycles. The molecule has 0 radical (unpaired) electrons. The third kappa shape index (κ3) is 4.04. The van der Waals surface area contributed by atoms with Crippen LogP contribution < -0.4 is 5.32 Å². The van der Waals surface area contributed by atoms with Crippen LogP contribution in [0.2, 0.25) is 0 Å². The number of carbonyl (C=O) groups is 1. The smallest absolute Gasteiger partial charge is 0.305 e. The van der Waals surface area contributed by atoms with Crippen LogP contribution in [0, 0.1) is 0 Å². The number of nitrogens with one attached hydrogen (secondary N) is 1. The zero-order valence-electron chi connectivity index (χ0n) is 16.6. The molecule has 4 heterocycles. The zero-order valence-corrected chi connectivity index (χ0v) is 17.5. The number of pyridine rings is 2. The summed E-state index contributed by atoms with van der Waals surface area (Å²) in [7, 11) is 1.41. The van der Waals surface area contributed by atoms with Crippen molar-refractivity contribution < 1.29 is 9.53 Å². The molecular weight excluding hydrogens is 398 g/mol. The van der Waals surface area contributed by atoms with E-state index in [9.17, 15) is 4.79 Å². The van der Waals surface area contributed by atoms with Crippen molar-refractivity contribution in [1.82, 2.24) is 24.8 Å². The average Bonchev–Trinajstić information content (AvgIpc) is 3.39. The SMILES string of the molecule is COC(=O)CCCN1C(=S)NC(c2ccccn2)C1c1cccn1-c1ccccn1. The van der Waals surface area contributed by atoms with Gasteiger partial charge in [-0.2, -0.15) is 0 Å². The maximum atomic E-state index is 11.6. The van der Waals surface area contributed by atoms with E-state index in [4.69, 9.17) is 17.0 Å². The summed E-state index contributed by atoms with van der Waals surface area (Å²) in [6.45, 7) is 0.627. The Bertz CT molecular complexity index is 1010. The minimum Gasteiger partial charge on any atom is -0.469 e. The standard InChI is InChI=1S/C22H23N5O2S/c1-29-19(28)11-7-15-27-21(20(25-22(27)30)16-8-2-4-12-23-16)17-9-6-14-26(17)18-10-3-5-13-24-18/h2-6,8-10,12-14,20-21H,7,11,15H2,1H3,(H,25,30). The molecule has 2 atom stereocenters. The van der Waals surface area contributed by atoms with Crippen LogP contribution in [-0.4, -0.2) is 44.2 Å². The monoisotopic (exact) mass is 421 g/mol. The van der Waals surface area contributed by atoms with Crippen molar-refractivity contribution in [1.29, 1.82) is 0 Å². The van der Waals surface area contributed by atoms with Crippen LogP contribution in [0.15, 0.2) is 67.1 Å². The van der Waals surface area contributed by atoms with E-state index in [1.54, 1.807) is 12.4 Å². The molecule has 0 spiro atoms. The van der Waals surface area contributed by atoms with Crippen LogP contribution in [0.4, 0.5) is 0 Å². The molecule has 7 nitrogen and oxygen atoms in total. The van der Waals surface area contributed by atoms with Crippen LogP contribution in [-0.2, 0) is 9.53 Å². The van der Waals surface area contributed by atoms with E-state index in [1.807, 2.05) is 48.7 Å². The van der Waals surface area contributed by atoms with E-state index >= 15 is 0 Å².